The summed E-state index contributed by atoms with van der Waals surface area (Å²) in [6.07, 6.45) is 5.05. The molecule has 1 N–H and O–H groups in total. The molecule has 0 aliphatic carbocycles. The smallest absolute Gasteiger partial charge is 0.260 e. The molecular weight excluding hydrogens is 304 g/mol. The Morgan fingerprint density at radius 3 is 2.62 bits per heavy atom. The van der Waals surface area contributed by atoms with Crippen LogP contribution in [0.1, 0.15) is 45.0 Å². The molecule has 4 aromatic heterocycles. The maximum atomic E-state index is 12.6. The highest BCUT2D eigenvalue weighted by atomic mass is 16.1. The van der Waals surface area contributed by atoms with Gasteiger partial charge in [-0.1, -0.05) is 13.8 Å². The molecule has 0 aliphatic heterocycles. The zero-order chi connectivity index (χ0) is 17.0. The van der Waals surface area contributed by atoms with Gasteiger partial charge in [-0.25, -0.2) is 14.2 Å². The summed E-state index contributed by atoms with van der Waals surface area (Å²) in [5.74, 6) is 0. The van der Waals surface area contributed by atoms with Crippen LogP contribution in [-0.2, 0) is 12.8 Å². The van der Waals surface area contributed by atoms with Crippen molar-refractivity contribution < 1.29 is 0 Å². The van der Waals surface area contributed by atoms with E-state index in [0.717, 1.165) is 46.3 Å². The van der Waals surface area contributed by atoms with Crippen molar-refractivity contribution in [2.45, 2.75) is 46.6 Å². The van der Waals surface area contributed by atoms with Gasteiger partial charge in [0.25, 0.3) is 5.56 Å². The highest BCUT2D eigenvalue weighted by molar-refractivity contribution is 6.02. The summed E-state index contributed by atoms with van der Waals surface area (Å²) >= 11 is 0. The average molecular weight is 324 g/mol. The third-order valence-electron chi connectivity index (χ3n) is 4.53. The Morgan fingerprint density at radius 1 is 1.17 bits per heavy atom. The Morgan fingerprint density at radius 2 is 1.96 bits per heavy atom. The van der Waals surface area contributed by atoms with E-state index in [2.05, 4.69) is 42.8 Å². The van der Waals surface area contributed by atoms with Crippen molar-refractivity contribution in [2.75, 3.05) is 0 Å². The minimum absolute atomic E-state index is 0.138. The summed E-state index contributed by atoms with van der Waals surface area (Å²) in [4.78, 5) is 20.0. The van der Waals surface area contributed by atoms with Gasteiger partial charge in [0.05, 0.1) is 28.2 Å². The third kappa shape index (κ3) is 1.84. The Labute approximate surface area is 138 Å². The molecule has 7 nitrogen and oxygen atoms in total. The fourth-order valence-corrected chi connectivity index (χ4v) is 3.37. The van der Waals surface area contributed by atoms with Crippen molar-refractivity contribution in [3.63, 3.8) is 0 Å². The summed E-state index contributed by atoms with van der Waals surface area (Å²) in [7, 11) is 0. The van der Waals surface area contributed by atoms with Gasteiger partial charge < -0.3 is 4.98 Å². The molecule has 0 atom stereocenters. The molecule has 0 aromatic carbocycles. The van der Waals surface area contributed by atoms with Gasteiger partial charge in [-0.05, 0) is 26.7 Å². The Kier molecular flexibility index (Phi) is 3.19. The fourth-order valence-electron chi connectivity index (χ4n) is 3.37. The van der Waals surface area contributed by atoms with Gasteiger partial charge in [0, 0.05) is 17.8 Å². The molecule has 124 valence electrons. The van der Waals surface area contributed by atoms with Gasteiger partial charge in [0.15, 0.2) is 5.65 Å². The number of pyridine rings is 1. The van der Waals surface area contributed by atoms with E-state index in [0.29, 0.717) is 5.39 Å². The van der Waals surface area contributed by atoms with Crippen LogP contribution in [0.25, 0.3) is 27.6 Å². The van der Waals surface area contributed by atoms with Crippen molar-refractivity contribution in [3.05, 3.63) is 34.0 Å². The molecule has 0 aliphatic rings. The van der Waals surface area contributed by atoms with Gasteiger partial charge in [0.1, 0.15) is 5.65 Å². The van der Waals surface area contributed by atoms with E-state index >= 15 is 0 Å². The van der Waals surface area contributed by atoms with E-state index in [4.69, 9.17) is 5.10 Å². The van der Waals surface area contributed by atoms with Gasteiger partial charge in [-0.2, -0.15) is 10.2 Å². The highest BCUT2D eigenvalue weighted by Gasteiger charge is 2.18. The van der Waals surface area contributed by atoms with Crippen LogP contribution >= 0.6 is 0 Å². The molecule has 0 unspecified atom stereocenters. The van der Waals surface area contributed by atoms with Crippen LogP contribution in [0.4, 0.5) is 0 Å². The molecule has 4 aromatic rings. The van der Waals surface area contributed by atoms with Crippen LogP contribution in [-0.4, -0.2) is 29.4 Å². The lowest BCUT2D eigenvalue weighted by Crippen LogP contribution is -2.12. The Hall–Kier alpha value is -2.70. The monoisotopic (exact) mass is 324 g/mol. The molecule has 0 radical (unpaired) electrons. The number of hydrogen-bond donors (Lipinski definition) is 1. The van der Waals surface area contributed by atoms with Crippen LogP contribution in [0.5, 0.6) is 0 Å². The summed E-state index contributed by atoms with van der Waals surface area (Å²) in [6, 6.07) is 0.194. The number of aryl methyl sites for hydroxylation is 2. The second-order valence-corrected chi connectivity index (χ2v) is 6.29. The number of H-pyrrole nitrogens is 1. The predicted octanol–water partition coefficient (Wildman–Crippen LogP) is 2.63. The quantitative estimate of drug-likeness (QED) is 0.628. The molecule has 4 heterocycles. The summed E-state index contributed by atoms with van der Waals surface area (Å²) < 4.78 is 3.72. The largest absolute Gasteiger partial charge is 0.306 e. The van der Waals surface area contributed by atoms with Crippen LogP contribution in [0, 0.1) is 0 Å². The lowest BCUT2D eigenvalue weighted by atomic mass is 10.1. The van der Waals surface area contributed by atoms with Crippen LogP contribution in [0.2, 0.25) is 0 Å². The van der Waals surface area contributed by atoms with Crippen LogP contribution in [0.3, 0.4) is 0 Å². The molecule has 7 heteroatoms. The second-order valence-electron chi connectivity index (χ2n) is 6.29. The van der Waals surface area contributed by atoms with Gasteiger partial charge >= 0.3 is 0 Å². The van der Waals surface area contributed by atoms with Crippen molar-refractivity contribution in [2.24, 2.45) is 0 Å². The molecule has 0 saturated carbocycles. The van der Waals surface area contributed by atoms with E-state index in [1.165, 1.54) is 0 Å². The number of fused-ring (bicyclic) bond motifs is 5. The van der Waals surface area contributed by atoms with E-state index < -0.39 is 0 Å². The third-order valence-corrected chi connectivity index (χ3v) is 4.53. The number of nitrogens with one attached hydrogen (secondary N) is 1. The van der Waals surface area contributed by atoms with Crippen LogP contribution in [0.15, 0.2) is 17.2 Å². The maximum absolute atomic E-state index is 12.6. The zero-order valence-corrected chi connectivity index (χ0v) is 14.3. The SMILES string of the molecule is CCc1nn2c([nH]c(=O)c3cnc4c(cnn4C(C)C)c32)c1CC. The lowest BCUT2D eigenvalue weighted by molar-refractivity contribution is 0.546. The standard InChI is InChI=1S/C17H20N6O/c1-5-10-13(6-2)21-23-14-11-8-19-22(9(3)4)15(11)18-7-12(14)17(24)20-16(10)23/h7-9H,5-6H2,1-4H3,(H,20,24). The minimum Gasteiger partial charge on any atom is -0.306 e. The maximum Gasteiger partial charge on any atom is 0.260 e. The fraction of sp³-hybridized carbons (Fsp3) is 0.412. The molecule has 0 saturated heterocycles. The van der Waals surface area contributed by atoms with Crippen molar-refractivity contribution in [1.29, 1.82) is 0 Å². The molecular formula is C17H20N6O. The average Bonchev–Trinajstić information content (AvgIpc) is 3.15. The van der Waals surface area contributed by atoms with E-state index in [-0.39, 0.29) is 11.6 Å². The molecule has 0 spiro atoms. The minimum atomic E-state index is -0.138. The highest BCUT2D eigenvalue weighted by Crippen LogP contribution is 2.25. The van der Waals surface area contributed by atoms with Crippen molar-refractivity contribution >= 4 is 27.6 Å². The zero-order valence-electron chi connectivity index (χ0n) is 14.3. The van der Waals surface area contributed by atoms with Gasteiger partial charge in [-0.3, -0.25) is 4.79 Å². The molecule has 4 rings (SSSR count). The van der Waals surface area contributed by atoms with Gasteiger partial charge in [0.2, 0.25) is 0 Å². The van der Waals surface area contributed by atoms with Crippen molar-refractivity contribution in [1.82, 2.24) is 29.4 Å². The van der Waals surface area contributed by atoms with Gasteiger partial charge in [-0.15, -0.1) is 0 Å². The second kappa shape index (κ2) is 5.15. The number of aromatic nitrogens is 6. The summed E-state index contributed by atoms with van der Waals surface area (Å²) in [5.41, 5.74) is 4.30. The first-order valence-corrected chi connectivity index (χ1v) is 8.35. The number of hydrogen-bond acceptors (Lipinski definition) is 4. The summed E-state index contributed by atoms with van der Waals surface area (Å²) in [6.45, 7) is 8.28. The number of rotatable bonds is 3. The van der Waals surface area contributed by atoms with Crippen molar-refractivity contribution in [3.8, 4) is 0 Å². The first-order valence-electron chi connectivity index (χ1n) is 8.35. The Balaban J connectivity index is 2.26. The molecule has 0 bridgehead atoms. The first kappa shape index (κ1) is 14.9. The van der Waals surface area contributed by atoms with Crippen LogP contribution < -0.4 is 5.56 Å². The van der Waals surface area contributed by atoms with E-state index in [1.54, 1.807) is 12.4 Å². The predicted molar refractivity (Wildman–Crippen MR) is 93.5 cm³/mol. The first-order chi connectivity index (χ1) is 11.6. The topological polar surface area (TPSA) is 80.9 Å². The molecule has 0 fully saturated rings. The normalized spacial score (nSPS) is 12.2. The molecule has 0 amide bonds. The summed E-state index contributed by atoms with van der Waals surface area (Å²) in [5, 5.41) is 10.6. The number of nitrogens with zero attached hydrogens (tertiary/aromatic N) is 5. The van der Waals surface area contributed by atoms with E-state index in [9.17, 15) is 4.79 Å². The van der Waals surface area contributed by atoms with E-state index in [1.807, 2.05) is 9.20 Å². The Bertz CT molecular complexity index is 1130. The lowest BCUT2D eigenvalue weighted by Gasteiger charge is -2.07. The number of aromatic amines is 1. The molecule has 24 heavy (non-hydrogen) atoms.